The van der Waals surface area contributed by atoms with Crippen LogP contribution in [0.5, 0.6) is 0 Å². The molecule has 0 aliphatic carbocycles. The Labute approximate surface area is 237 Å². The number of carbonyl (C=O) groups excluding carboxylic acids is 1. The molecular weight excluding hydrogens is 534 g/mol. The molecule has 2 aliphatic rings. The predicted octanol–water partition coefficient (Wildman–Crippen LogP) is 4.99. The topological polar surface area (TPSA) is 109 Å². The van der Waals surface area contributed by atoms with Gasteiger partial charge in [0, 0.05) is 67.3 Å². The maximum atomic E-state index is 13.3. The number of morpholine rings is 1. The second-order valence-corrected chi connectivity index (χ2v) is 11.2. The molecule has 2 aliphatic heterocycles. The standard InChI is InChI=1S/C22H27N7O2S.C5H8OS/c1-22(2)19-15(20(30)29(22)9-8-28-10-12-31-13-11-28)14-17(32-19)16-4-6-23-21(25-16)26-18-5-7-24-27(18)3;1-3-5(4-2)7-6/h4-7,14H,8-13H2,1-3H3,(H,23,25,26);3-4,6H,1H2,2H3/b;5-4+. The highest BCUT2D eigenvalue weighted by molar-refractivity contribution is 7.97. The molecule has 39 heavy (non-hydrogen) atoms. The van der Waals surface area contributed by atoms with Gasteiger partial charge in [0.15, 0.2) is 0 Å². The zero-order valence-corrected chi connectivity index (χ0v) is 24.4. The Kier molecular flexibility index (Phi) is 9.57. The summed E-state index contributed by atoms with van der Waals surface area (Å²) in [5.74, 6) is 1.41. The lowest BCUT2D eigenvalue weighted by Gasteiger charge is -2.35. The van der Waals surface area contributed by atoms with E-state index in [1.54, 1.807) is 40.6 Å². The molecule has 0 aromatic carbocycles. The first-order valence-corrected chi connectivity index (χ1v) is 14.3. The van der Waals surface area contributed by atoms with E-state index in [0.29, 0.717) is 18.0 Å². The van der Waals surface area contributed by atoms with Crippen LogP contribution in [0.3, 0.4) is 0 Å². The Morgan fingerprint density at radius 3 is 2.64 bits per heavy atom. The number of carbonyl (C=O) groups is 1. The summed E-state index contributed by atoms with van der Waals surface area (Å²) in [7, 11) is 1.86. The summed E-state index contributed by atoms with van der Waals surface area (Å²) in [5.41, 5.74) is 1.24. The van der Waals surface area contributed by atoms with Gasteiger partial charge in [0.05, 0.1) is 41.1 Å². The number of fused-ring (bicyclic) bond motifs is 1. The molecule has 0 saturated carbocycles. The van der Waals surface area contributed by atoms with E-state index in [9.17, 15) is 4.79 Å². The highest BCUT2D eigenvalue weighted by atomic mass is 32.2. The lowest BCUT2D eigenvalue weighted by Crippen LogP contribution is -2.46. The molecule has 3 aromatic heterocycles. The number of aryl methyl sites for hydroxylation is 1. The molecular formula is C27H35N7O3S2. The average Bonchev–Trinajstić information content (AvgIpc) is 3.61. The molecule has 0 atom stereocenters. The first kappa shape index (κ1) is 29.0. The minimum atomic E-state index is -0.343. The zero-order valence-electron chi connectivity index (χ0n) is 22.8. The summed E-state index contributed by atoms with van der Waals surface area (Å²) in [6.07, 6.45) is 6.84. The average molecular weight is 570 g/mol. The first-order valence-electron chi connectivity index (χ1n) is 12.7. The summed E-state index contributed by atoms with van der Waals surface area (Å²) in [6.45, 7) is 14.5. The lowest BCUT2D eigenvalue weighted by atomic mass is 10.0. The number of amides is 1. The molecule has 5 heterocycles. The molecule has 1 amide bonds. The van der Waals surface area contributed by atoms with Gasteiger partial charge in [-0.15, -0.1) is 11.3 Å². The lowest BCUT2D eigenvalue weighted by molar-refractivity contribution is 0.0263. The Balaban J connectivity index is 0.000000448. The molecule has 10 nitrogen and oxygen atoms in total. The number of ether oxygens (including phenoxy) is 1. The monoisotopic (exact) mass is 569 g/mol. The van der Waals surface area contributed by atoms with Crippen molar-refractivity contribution in [1.29, 1.82) is 0 Å². The van der Waals surface area contributed by atoms with Crippen molar-refractivity contribution >= 4 is 41.1 Å². The summed E-state index contributed by atoms with van der Waals surface area (Å²) in [6, 6.07) is 5.72. The van der Waals surface area contributed by atoms with Gasteiger partial charge in [0.25, 0.3) is 5.91 Å². The third-order valence-electron chi connectivity index (χ3n) is 6.74. The van der Waals surface area contributed by atoms with Crippen LogP contribution >= 0.6 is 23.4 Å². The minimum absolute atomic E-state index is 0.100. The summed E-state index contributed by atoms with van der Waals surface area (Å²) < 4.78 is 15.5. The molecule has 3 aromatic rings. The van der Waals surface area contributed by atoms with Crippen molar-refractivity contribution in [1.82, 2.24) is 29.5 Å². The van der Waals surface area contributed by atoms with Crippen molar-refractivity contribution in [3.05, 3.63) is 64.7 Å². The fourth-order valence-electron chi connectivity index (χ4n) is 4.47. The molecule has 12 heteroatoms. The van der Waals surface area contributed by atoms with E-state index < -0.39 is 0 Å². The maximum absolute atomic E-state index is 13.3. The summed E-state index contributed by atoms with van der Waals surface area (Å²) in [5, 5.41) is 7.34. The van der Waals surface area contributed by atoms with Crippen molar-refractivity contribution in [2.24, 2.45) is 7.05 Å². The summed E-state index contributed by atoms with van der Waals surface area (Å²) >= 11 is 2.35. The molecule has 1 saturated heterocycles. The molecule has 0 unspecified atom stereocenters. The molecule has 1 fully saturated rings. The SMILES string of the molecule is C=C/C(=C\C)SO.Cn1nccc1Nc1nccc(-c2cc3c(s2)C(C)(C)N(CCN2CCOCC2)C3=O)n1. The number of thiophene rings is 1. The maximum Gasteiger partial charge on any atom is 0.255 e. The second kappa shape index (κ2) is 12.9. The molecule has 5 rings (SSSR count). The van der Waals surface area contributed by atoms with Crippen LogP contribution in [0, 0.1) is 0 Å². The quantitative estimate of drug-likeness (QED) is 0.287. The van der Waals surface area contributed by atoms with E-state index in [2.05, 4.69) is 45.7 Å². The van der Waals surface area contributed by atoms with Crippen molar-refractivity contribution < 1.29 is 14.1 Å². The van der Waals surface area contributed by atoms with E-state index in [1.165, 1.54) is 0 Å². The Morgan fingerprint density at radius 1 is 1.28 bits per heavy atom. The highest BCUT2D eigenvalue weighted by Gasteiger charge is 2.44. The van der Waals surface area contributed by atoms with Crippen LogP contribution in [-0.2, 0) is 17.3 Å². The fraction of sp³-hybridized carbons (Fsp3) is 0.407. The number of anilines is 2. The third kappa shape index (κ3) is 6.59. The van der Waals surface area contributed by atoms with Gasteiger partial charge in [0.1, 0.15) is 5.82 Å². The van der Waals surface area contributed by atoms with Crippen LogP contribution < -0.4 is 5.32 Å². The van der Waals surface area contributed by atoms with Crippen LogP contribution in [0.2, 0.25) is 0 Å². The third-order valence-corrected chi connectivity index (χ3v) is 8.83. The predicted molar refractivity (Wildman–Crippen MR) is 157 cm³/mol. The van der Waals surface area contributed by atoms with E-state index in [4.69, 9.17) is 9.29 Å². The molecule has 0 spiro atoms. The number of nitrogens with zero attached hydrogens (tertiary/aromatic N) is 6. The molecule has 0 radical (unpaired) electrons. The fourth-order valence-corrected chi connectivity index (χ4v) is 5.89. The van der Waals surface area contributed by atoms with Crippen molar-refractivity contribution in [2.45, 2.75) is 26.3 Å². The number of nitrogens with one attached hydrogen (secondary N) is 1. The number of aromatic nitrogens is 4. The van der Waals surface area contributed by atoms with Crippen molar-refractivity contribution in [3.63, 3.8) is 0 Å². The zero-order chi connectivity index (χ0) is 28.0. The van der Waals surface area contributed by atoms with Gasteiger partial charge in [-0.1, -0.05) is 18.7 Å². The van der Waals surface area contributed by atoms with Crippen LogP contribution in [0.25, 0.3) is 10.6 Å². The Morgan fingerprint density at radius 2 is 2.05 bits per heavy atom. The Hall–Kier alpha value is -3.03. The van der Waals surface area contributed by atoms with E-state index in [-0.39, 0.29) is 11.4 Å². The van der Waals surface area contributed by atoms with Crippen LogP contribution in [-0.4, -0.2) is 79.4 Å². The number of hydrogen-bond acceptors (Lipinski definition) is 10. The van der Waals surface area contributed by atoms with Gasteiger partial charge in [0.2, 0.25) is 5.95 Å². The summed E-state index contributed by atoms with van der Waals surface area (Å²) in [4.78, 5) is 29.5. The van der Waals surface area contributed by atoms with E-state index in [0.717, 1.165) is 71.1 Å². The van der Waals surface area contributed by atoms with Gasteiger partial charge in [-0.05, 0) is 32.9 Å². The number of rotatable bonds is 8. The van der Waals surface area contributed by atoms with E-state index in [1.807, 2.05) is 37.1 Å². The van der Waals surface area contributed by atoms with Crippen molar-refractivity contribution in [2.75, 3.05) is 44.7 Å². The van der Waals surface area contributed by atoms with Crippen molar-refractivity contribution in [3.8, 4) is 10.6 Å². The molecule has 208 valence electrons. The second-order valence-electron chi connectivity index (χ2n) is 9.54. The minimum Gasteiger partial charge on any atom is -0.379 e. The van der Waals surface area contributed by atoms with Gasteiger partial charge < -0.3 is 19.5 Å². The smallest absolute Gasteiger partial charge is 0.255 e. The number of allylic oxidation sites excluding steroid dienone is 2. The molecule has 0 bridgehead atoms. The molecule has 2 N–H and O–H groups in total. The van der Waals surface area contributed by atoms with Gasteiger partial charge in [-0.3, -0.25) is 14.4 Å². The van der Waals surface area contributed by atoms with Crippen LogP contribution in [0.15, 0.2) is 54.2 Å². The number of hydrogen-bond donors (Lipinski definition) is 2. The normalized spacial score (nSPS) is 17.0. The van der Waals surface area contributed by atoms with E-state index >= 15 is 0 Å². The largest absolute Gasteiger partial charge is 0.379 e. The Bertz CT molecular complexity index is 1330. The first-order chi connectivity index (χ1) is 18.8. The van der Waals surface area contributed by atoms with Crippen LogP contribution in [0.1, 0.15) is 36.0 Å². The van der Waals surface area contributed by atoms with Gasteiger partial charge >= 0.3 is 0 Å². The van der Waals surface area contributed by atoms with Gasteiger partial charge in [-0.25, -0.2) is 9.97 Å². The highest BCUT2D eigenvalue weighted by Crippen LogP contribution is 2.45. The van der Waals surface area contributed by atoms with Crippen LogP contribution in [0.4, 0.5) is 11.8 Å². The van der Waals surface area contributed by atoms with Gasteiger partial charge in [-0.2, -0.15) is 5.10 Å².